The Bertz CT molecular complexity index is 222. The summed E-state index contributed by atoms with van der Waals surface area (Å²) in [6.45, 7) is 11.8. The van der Waals surface area contributed by atoms with E-state index in [1.807, 2.05) is 0 Å². The van der Waals surface area contributed by atoms with Crippen molar-refractivity contribution in [2.24, 2.45) is 23.0 Å². The third kappa shape index (κ3) is 4.28. The lowest BCUT2D eigenvalue weighted by atomic mass is 9.65. The standard InChI is InChI=1S/C16H33N/c1-6-15(4,5)14-8-11-16(17,12-9-14)10-7-13(2)3/h13-14H,6-12,17H2,1-5H3. The van der Waals surface area contributed by atoms with Gasteiger partial charge in [-0.3, -0.25) is 0 Å². The minimum absolute atomic E-state index is 0.157. The summed E-state index contributed by atoms with van der Waals surface area (Å²) in [6.07, 6.45) is 8.98. The van der Waals surface area contributed by atoms with Crippen LogP contribution in [0, 0.1) is 17.3 Å². The minimum atomic E-state index is 0.157. The van der Waals surface area contributed by atoms with E-state index in [1.165, 1.54) is 44.9 Å². The Hall–Kier alpha value is -0.0400. The monoisotopic (exact) mass is 239 g/mol. The fourth-order valence-corrected chi connectivity index (χ4v) is 3.09. The van der Waals surface area contributed by atoms with Crippen LogP contribution in [0.1, 0.15) is 79.6 Å². The number of rotatable bonds is 5. The van der Waals surface area contributed by atoms with Gasteiger partial charge in [-0.15, -0.1) is 0 Å². The van der Waals surface area contributed by atoms with Crippen LogP contribution in [0.2, 0.25) is 0 Å². The molecule has 0 unspecified atom stereocenters. The zero-order valence-electron chi connectivity index (χ0n) is 12.7. The molecule has 0 spiro atoms. The van der Waals surface area contributed by atoms with Crippen LogP contribution < -0.4 is 5.73 Å². The van der Waals surface area contributed by atoms with Crippen LogP contribution in [0.25, 0.3) is 0 Å². The Morgan fingerprint density at radius 1 is 1.24 bits per heavy atom. The normalized spacial score (nSPS) is 30.9. The van der Waals surface area contributed by atoms with Crippen LogP contribution in [0.15, 0.2) is 0 Å². The predicted molar refractivity (Wildman–Crippen MR) is 77.0 cm³/mol. The van der Waals surface area contributed by atoms with Gasteiger partial charge >= 0.3 is 0 Å². The summed E-state index contributed by atoms with van der Waals surface area (Å²) in [5.74, 6) is 1.68. The van der Waals surface area contributed by atoms with E-state index < -0.39 is 0 Å². The molecule has 0 amide bonds. The maximum Gasteiger partial charge on any atom is 0.0154 e. The molecule has 0 saturated heterocycles. The molecule has 1 heteroatoms. The SMILES string of the molecule is CCC(C)(C)C1CCC(N)(CCC(C)C)CC1. The van der Waals surface area contributed by atoms with Crippen molar-refractivity contribution in [1.82, 2.24) is 0 Å². The molecule has 0 aromatic carbocycles. The van der Waals surface area contributed by atoms with Gasteiger partial charge in [0.2, 0.25) is 0 Å². The zero-order valence-corrected chi connectivity index (χ0v) is 12.7. The van der Waals surface area contributed by atoms with E-state index in [9.17, 15) is 0 Å². The van der Waals surface area contributed by atoms with Gasteiger partial charge in [-0.2, -0.15) is 0 Å². The van der Waals surface area contributed by atoms with Crippen molar-refractivity contribution < 1.29 is 0 Å². The lowest BCUT2D eigenvalue weighted by Gasteiger charge is -2.43. The average Bonchev–Trinajstić information content (AvgIpc) is 2.27. The van der Waals surface area contributed by atoms with Gasteiger partial charge in [-0.05, 0) is 55.8 Å². The molecule has 1 rings (SSSR count). The van der Waals surface area contributed by atoms with Crippen LogP contribution in [0.5, 0.6) is 0 Å². The van der Waals surface area contributed by atoms with Gasteiger partial charge in [0.15, 0.2) is 0 Å². The Morgan fingerprint density at radius 2 is 1.76 bits per heavy atom. The molecule has 0 radical (unpaired) electrons. The Kier molecular flexibility index (Phi) is 5.07. The van der Waals surface area contributed by atoms with E-state index in [4.69, 9.17) is 5.73 Å². The highest BCUT2D eigenvalue weighted by molar-refractivity contribution is 4.93. The summed E-state index contributed by atoms with van der Waals surface area (Å²) >= 11 is 0. The largest absolute Gasteiger partial charge is 0.325 e. The summed E-state index contributed by atoms with van der Waals surface area (Å²) in [5, 5.41) is 0. The first kappa shape index (κ1) is 15.0. The maximum absolute atomic E-state index is 6.55. The molecule has 1 aliphatic rings. The second-order valence-electron chi connectivity index (χ2n) is 7.41. The molecule has 0 aliphatic heterocycles. The Balaban J connectivity index is 2.44. The van der Waals surface area contributed by atoms with Gasteiger partial charge in [0, 0.05) is 5.54 Å². The van der Waals surface area contributed by atoms with E-state index in [1.54, 1.807) is 0 Å². The molecule has 0 atom stereocenters. The number of hydrogen-bond donors (Lipinski definition) is 1. The molecule has 0 aromatic rings. The van der Waals surface area contributed by atoms with Gasteiger partial charge < -0.3 is 5.73 Å². The summed E-state index contributed by atoms with van der Waals surface area (Å²) in [5.41, 5.74) is 7.22. The molecule has 0 heterocycles. The van der Waals surface area contributed by atoms with Crippen molar-refractivity contribution in [3.63, 3.8) is 0 Å². The highest BCUT2D eigenvalue weighted by Gasteiger charge is 2.36. The third-order valence-electron chi connectivity index (χ3n) is 5.22. The fourth-order valence-electron chi connectivity index (χ4n) is 3.09. The van der Waals surface area contributed by atoms with Gasteiger partial charge in [-0.25, -0.2) is 0 Å². The van der Waals surface area contributed by atoms with E-state index in [0.29, 0.717) is 5.41 Å². The van der Waals surface area contributed by atoms with Gasteiger partial charge in [0.05, 0.1) is 0 Å². The molecule has 1 aliphatic carbocycles. The lowest BCUT2D eigenvalue weighted by Crippen LogP contribution is -2.45. The molecular formula is C16H33N. The molecule has 1 fully saturated rings. The molecule has 1 saturated carbocycles. The number of hydrogen-bond acceptors (Lipinski definition) is 1. The van der Waals surface area contributed by atoms with Crippen LogP contribution in [-0.2, 0) is 0 Å². The molecule has 0 aromatic heterocycles. The van der Waals surface area contributed by atoms with E-state index in [2.05, 4.69) is 34.6 Å². The summed E-state index contributed by atoms with van der Waals surface area (Å²) < 4.78 is 0. The summed E-state index contributed by atoms with van der Waals surface area (Å²) in [7, 11) is 0. The van der Waals surface area contributed by atoms with Crippen molar-refractivity contribution in [3.8, 4) is 0 Å². The van der Waals surface area contributed by atoms with Crippen LogP contribution in [0.3, 0.4) is 0 Å². The fraction of sp³-hybridized carbons (Fsp3) is 1.00. The molecule has 102 valence electrons. The summed E-state index contributed by atoms with van der Waals surface area (Å²) in [4.78, 5) is 0. The molecule has 17 heavy (non-hydrogen) atoms. The first-order valence-electron chi connectivity index (χ1n) is 7.58. The van der Waals surface area contributed by atoms with Crippen molar-refractivity contribution in [2.45, 2.75) is 85.1 Å². The topological polar surface area (TPSA) is 26.0 Å². The first-order valence-corrected chi connectivity index (χ1v) is 7.58. The van der Waals surface area contributed by atoms with E-state index in [-0.39, 0.29) is 5.54 Å². The van der Waals surface area contributed by atoms with E-state index in [0.717, 1.165) is 11.8 Å². The zero-order chi connectivity index (χ0) is 13.1. The van der Waals surface area contributed by atoms with Crippen molar-refractivity contribution >= 4 is 0 Å². The highest BCUT2D eigenvalue weighted by atomic mass is 14.7. The molecule has 1 nitrogen and oxygen atoms in total. The van der Waals surface area contributed by atoms with Crippen molar-refractivity contribution in [2.75, 3.05) is 0 Å². The second kappa shape index (κ2) is 5.73. The first-order chi connectivity index (χ1) is 7.79. The lowest BCUT2D eigenvalue weighted by molar-refractivity contribution is 0.109. The third-order valence-corrected chi connectivity index (χ3v) is 5.22. The summed E-state index contributed by atoms with van der Waals surface area (Å²) in [6, 6.07) is 0. The maximum atomic E-state index is 6.55. The van der Waals surface area contributed by atoms with Crippen molar-refractivity contribution in [1.29, 1.82) is 0 Å². The van der Waals surface area contributed by atoms with Gasteiger partial charge in [0.25, 0.3) is 0 Å². The molecule has 2 N–H and O–H groups in total. The Morgan fingerprint density at radius 3 is 2.18 bits per heavy atom. The van der Waals surface area contributed by atoms with Crippen LogP contribution >= 0.6 is 0 Å². The predicted octanol–water partition coefficient (Wildman–Crippen LogP) is 4.75. The molecule has 0 bridgehead atoms. The van der Waals surface area contributed by atoms with Crippen LogP contribution in [0.4, 0.5) is 0 Å². The molecular weight excluding hydrogens is 206 g/mol. The second-order valence-corrected chi connectivity index (χ2v) is 7.41. The van der Waals surface area contributed by atoms with Gasteiger partial charge in [-0.1, -0.05) is 41.0 Å². The van der Waals surface area contributed by atoms with E-state index >= 15 is 0 Å². The number of nitrogens with two attached hydrogens (primary N) is 1. The quantitative estimate of drug-likeness (QED) is 0.736. The van der Waals surface area contributed by atoms with Crippen LogP contribution in [-0.4, -0.2) is 5.54 Å². The van der Waals surface area contributed by atoms with Gasteiger partial charge in [0.1, 0.15) is 0 Å². The van der Waals surface area contributed by atoms with Crippen molar-refractivity contribution in [3.05, 3.63) is 0 Å². The minimum Gasteiger partial charge on any atom is -0.325 e. The smallest absolute Gasteiger partial charge is 0.0154 e. The Labute approximate surface area is 109 Å². The average molecular weight is 239 g/mol. The highest BCUT2D eigenvalue weighted by Crippen LogP contribution is 2.43.